The van der Waals surface area contributed by atoms with Gasteiger partial charge in [-0.2, -0.15) is 0 Å². The lowest BCUT2D eigenvalue weighted by atomic mass is 9.87. The fourth-order valence-corrected chi connectivity index (χ4v) is 3.28. The molecule has 154 valence electrons. The quantitative estimate of drug-likeness (QED) is 0.628. The van der Waals surface area contributed by atoms with E-state index in [2.05, 4.69) is 15.3 Å². The van der Waals surface area contributed by atoms with Gasteiger partial charge in [-0.15, -0.1) is 0 Å². The van der Waals surface area contributed by atoms with Crippen molar-refractivity contribution in [2.24, 2.45) is 5.92 Å². The third kappa shape index (κ3) is 3.94. The van der Waals surface area contributed by atoms with E-state index in [1.807, 2.05) is 20.8 Å². The highest BCUT2D eigenvalue weighted by Crippen LogP contribution is 2.34. The number of aromatic nitrogens is 2. The van der Waals surface area contributed by atoms with Crippen molar-refractivity contribution < 1.29 is 22.8 Å². The van der Waals surface area contributed by atoms with Crippen LogP contribution in [0.25, 0.3) is 0 Å². The van der Waals surface area contributed by atoms with Crippen LogP contribution in [0.1, 0.15) is 38.1 Å². The van der Waals surface area contributed by atoms with Gasteiger partial charge in [-0.05, 0) is 18.2 Å². The van der Waals surface area contributed by atoms with Crippen molar-refractivity contribution in [2.75, 3.05) is 18.9 Å². The number of nitrogens with one attached hydrogen (secondary N) is 1. The number of hydrogen-bond acceptors (Lipinski definition) is 4. The van der Waals surface area contributed by atoms with Crippen molar-refractivity contribution in [3.05, 3.63) is 53.4 Å². The van der Waals surface area contributed by atoms with Crippen LogP contribution in [-0.4, -0.2) is 40.3 Å². The summed E-state index contributed by atoms with van der Waals surface area (Å²) >= 11 is 0. The lowest BCUT2D eigenvalue weighted by Gasteiger charge is -2.21. The summed E-state index contributed by atoms with van der Waals surface area (Å²) in [6, 6.07) is 3.36. The van der Waals surface area contributed by atoms with Gasteiger partial charge in [-0.1, -0.05) is 20.8 Å². The third-order valence-electron chi connectivity index (χ3n) is 4.93. The second-order valence-corrected chi connectivity index (χ2v) is 8.09. The van der Waals surface area contributed by atoms with Crippen molar-refractivity contribution in [1.29, 1.82) is 0 Å². The molecule has 9 heteroatoms. The standard InChI is InChI=1S/C20H21F3N4O2/c1-20(2,3)14-7-13(24-9-25-14)10-8-27(4)19(29)15(10)18(28)26-12-6-5-11(21)16(22)17(12)23/h5-7,9-10,15H,8H2,1-4H3,(H,26,28)/t10-,15+/m1/s1. The van der Waals surface area contributed by atoms with Crippen molar-refractivity contribution in [3.8, 4) is 0 Å². The van der Waals surface area contributed by atoms with Crippen molar-refractivity contribution in [3.63, 3.8) is 0 Å². The van der Waals surface area contributed by atoms with E-state index in [4.69, 9.17) is 0 Å². The molecule has 0 saturated carbocycles. The Hall–Kier alpha value is -2.97. The molecule has 0 spiro atoms. The molecule has 2 amide bonds. The fraction of sp³-hybridized carbons (Fsp3) is 0.400. The normalized spacial score (nSPS) is 19.6. The fourth-order valence-electron chi connectivity index (χ4n) is 3.28. The molecule has 29 heavy (non-hydrogen) atoms. The molecule has 0 unspecified atom stereocenters. The highest BCUT2D eigenvalue weighted by Gasteiger charge is 2.45. The molecule has 1 aliphatic heterocycles. The smallest absolute Gasteiger partial charge is 0.237 e. The zero-order valence-electron chi connectivity index (χ0n) is 16.5. The lowest BCUT2D eigenvalue weighted by Crippen LogP contribution is -2.33. The van der Waals surface area contributed by atoms with Gasteiger partial charge in [0.2, 0.25) is 11.8 Å². The predicted molar refractivity (Wildman–Crippen MR) is 99.5 cm³/mol. The number of anilines is 1. The maximum Gasteiger partial charge on any atom is 0.237 e. The number of nitrogens with zero attached hydrogens (tertiary/aromatic N) is 3. The Labute approximate surface area is 166 Å². The summed E-state index contributed by atoms with van der Waals surface area (Å²) in [4.78, 5) is 35.3. The summed E-state index contributed by atoms with van der Waals surface area (Å²) in [5, 5.41) is 2.20. The molecule has 1 aromatic heterocycles. The molecule has 0 bridgehead atoms. The Balaban J connectivity index is 1.93. The van der Waals surface area contributed by atoms with E-state index in [9.17, 15) is 22.8 Å². The number of rotatable bonds is 3. The van der Waals surface area contributed by atoms with Crippen LogP contribution >= 0.6 is 0 Å². The molecule has 2 aromatic rings. The van der Waals surface area contributed by atoms with Crippen LogP contribution in [-0.2, 0) is 15.0 Å². The summed E-state index contributed by atoms with van der Waals surface area (Å²) < 4.78 is 40.5. The van der Waals surface area contributed by atoms with E-state index in [-0.39, 0.29) is 12.0 Å². The first-order chi connectivity index (χ1) is 13.5. The summed E-state index contributed by atoms with van der Waals surface area (Å²) in [7, 11) is 1.55. The first-order valence-electron chi connectivity index (χ1n) is 9.02. The van der Waals surface area contributed by atoms with Gasteiger partial charge in [0, 0.05) is 30.6 Å². The Morgan fingerprint density at radius 1 is 1.17 bits per heavy atom. The maximum atomic E-state index is 13.9. The average molecular weight is 406 g/mol. The number of carbonyl (C=O) groups excluding carboxylic acids is 2. The molecule has 1 N–H and O–H groups in total. The molecule has 6 nitrogen and oxygen atoms in total. The number of amides is 2. The van der Waals surface area contributed by atoms with Gasteiger partial charge >= 0.3 is 0 Å². The van der Waals surface area contributed by atoms with Gasteiger partial charge in [0.1, 0.15) is 12.2 Å². The molecule has 2 heterocycles. The molecule has 1 aromatic carbocycles. The van der Waals surface area contributed by atoms with E-state index >= 15 is 0 Å². The molecule has 2 atom stereocenters. The Kier molecular flexibility index (Phi) is 5.34. The molecule has 1 fully saturated rings. The summed E-state index contributed by atoms with van der Waals surface area (Å²) in [6.45, 7) is 6.15. The van der Waals surface area contributed by atoms with Crippen LogP contribution in [0.2, 0.25) is 0 Å². The number of halogens is 3. The molecule has 0 radical (unpaired) electrons. The second kappa shape index (κ2) is 7.46. The van der Waals surface area contributed by atoms with Gasteiger partial charge in [0.25, 0.3) is 0 Å². The maximum absolute atomic E-state index is 13.9. The Morgan fingerprint density at radius 3 is 2.52 bits per heavy atom. The Morgan fingerprint density at radius 2 is 1.86 bits per heavy atom. The van der Waals surface area contributed by atoms with Gasteiger partial charge in [0.15, 0.2) is 17.5 Å². The van der Waals surface area contributed by atoms with E-state index in [0.29, 0.717) is 11.8 Å². The highest BCUT2D eigenvalue weighted by atomic mass is 19.2. The second-order valence-electron chi connectivity index (χ2n) is 8.09. The van der Waals surface area contributed by atoms with Gasteiger partial charge in [-0.25, -0.2) is 23.1 Å². The van der Waals surface area contributed by atoms with E-state index < -0.39 is 46.8 Å². The number of hydrogen-bond donors (Lipinski definition) is 1. The molecular formula is C20H21F3N4O2. The number of benzene rings is 1. The lowest BCUT2D eigenvalue weighted by molar-refractivity contribution is -0.135. The van der Waals surface area contributed by atoms with Crippen LogP contribution in [0.3, 0.4) is 0 Å². The van der Waals surface area contributed by atoms with Crippen molar-refractivity contribution in [1.82, 2.24) is 14.9 Å². The molecule has 1 aliphatic rings. The third-order valence-corrected chi connectivity index (χ3v) is 4.93. The van der Waals surface area contributed by atoms with Crippen molar-refractivity contribution >= 4 is 17.5 Å². The van der Waals surface area contributed by atoms with Crippen LogP contribution in [0.4, 0.5) is 18.9 Å². The topological polar surface area (TPSA) is 75.2 Å². The minimum absolute atomic E-state index is 0.234. The largest absolute Gasteiger partial charge is 0.344 e. The average Bonchev–Trinajstić information content (AvgIpc) is 2.96. The summed E-state index contributed by atoms with van der Waals surface area (Å²) in [5.74, 6) is -7.65. The predicted octanol–water partition coefficient (Wildman–Crippen LogP) is 3.00. The van der Waals surface area contributed by atoms with E-state index in [1.54, 1.807) is 13.1 Å². The number of carbonyl (C=O) groups is 2. The van der Waals surface area contributed by atoms with Crippen LogP contribution in [0, 0.1) is 23.4 Å². The van der Waals surface area contributed by atoms with Crippen molar-refractivity contribution in [2.45, 2.75) is 32.1 Å². The van der Waals surface area contributed by atoms with Gasteiger partial charge in [0.05, 0.1) is 11.4 Å². The van der Waals surface area contributed by atoms with Gasteiger partial charge < -0.3 is 10.2 Å². The SMILES string of the molecule is CN1C[C@H](c2cc(C(C)(C)C)ncn2)[C@@H](C(=O)Nc2ccc(F)c(F)c2F)C1=O. The van der Waals surface area contributed by atoms with E-state index in [0.717, 1.165) is 11.8 Å². The molecule has 1 saturated heterocycles. The van der Waals surface area contributed by atoms with Crippen LogP contribution in [0.15, 0.2) is 24.5 Å². The number of likely N-dealkylation sites (tertiary alicyclic amines) is 1. The van der Waals surface area contributed by atoms with Crippen LogP contribution < -0.4 is 5.32 Å². The van der Waals surface area contributed by atoms with Crippen LogP contribution in [0.5, 0.6) is 0 Å². The minimum atomic E-state index is -1.69. The number of likely N-dealkylation sites (N-methyl/N-ethyl adjacent to an activating group) is 1. The highest BCUT2D eigenvalue weighted by molar-refractivity contribution is 6.08. The molecule has 0 aliphatic carbocycles. The van der Waals surface area contributed by atoms with E-state index in [1.165, 1.54) is 11.2 Å². The Bertz CT molecular complexity index is 975. The first kappa shape index (κ1) is 20.8. The van der Waals surface area contributed by atoms with Gasteiger partial charge in [-0.3, -0.25) is 9.59 Å². The summed E-state index contributed by atoms with van der Waals surface area (Å²) in [5.41, 5.74) is 0.454. The monoisotopic (exact) mass is 406 g/mol. The minimum Gasteiger partial charge on any atom is -0.344 e. The zero-order valence-corrected chi connectivity index (χ0v) is 16.5. The molecular weight excluding hydrogens is 385 g/mol. The molecule has 3 rings (SSSR count). The summed E-state index contributed by atoms with van der Waals surface area (Å²) in [6.07, 6.45) is 1.38. The zero-order chi connectivity index (χ0) is 21.5. The first-order valence-corrected chi connectivity index (χ1v) is 9.02.